The van der Waals surface area contributed by atoms with Crippen LogP contribution in [0, 0.1) is 11.8 Å². The van der Waals surface area contributed by atoms with E-state index >= 15 is 0 Å². The molecule has 2 atom stereocenters. The van der Waals surface area contributed by atoms with Gasteiger partial charge in [0.1, 0.15) is 0 Å². The van der Waals surface area contributed by atoms with Crippen LogP contribution in [0.1, 0.15) is 33.6 Å². The van der Waals surface area contributed by atoms with Crippen LogP contribution in [0.15, 0.2) is 12.7 Å². The third-order valence-corrected chi connectivity index (χ3v) is 2.21. The molecule has 0 aromatic rings. The molecule has 0 aliphatic carbocycles. The lowest BCUT2D eigenvalue weighted by Gasteiger charge is -2.24. The quantitative estimate of drug-likeness (QED) is 0.607. The molecule has 0 saturated carbocycles. The Morgan fingerprint density at radius 3 is 2.27 bits per heavy atom. The Bertz CT molecular complexity index is 107. The summed E-state index contributed by atoms with van der Waals surface area (Å²) in [6, 6.07) is 0. The lowest BCUT2D eigenvalue weighted by Crippen LogP contribution is -2.23. The van der Waals surface area contributed by atoms with Crippen LogP contribution < -0.4 is 0 Å². The van der Waals surface area contributed by atoms with Crippen molar-refractivity contribution in [1.29, 1.82) is 0 Å². The molecule has 11 heavy (non-hydrogen) atoms. The zero-order valence-electron chi connectivity index (χ0n) is 7.88. The van der Waals surface area contributed by atoms with Crippen LogP contribution >= 0.6 is 0 Å². The molecular weight excluding hydrogens is 136 g/mol. The van der Waals surface area contributed by atoms with Gasteiger partial charge in [0.05, 0.1) is 6.10 Å². The average Bonchev–Trinajstić information content (AvgIpc) is 1.98. The second-order valence-electron chi connectivity index (χ2n) is 3.41. The minimum Gasteiger partial charge on any atom is -0.393 e. The topological polar surface area (TPSA) is 20.2 Å². The number of hydrogen-bond donors (Lipinski definition) is 1. The summed E-state index contributed by atoms with van der Waals surface area (Å²) in [7, 11) is 0. The lowest BCUT2D eigenvalue weighted by atomic mass is 9.86. The summed E-state index contributed by atoms with van der Waals surface area (Å²) in [6.07, 6.45) is 3.50. The molecule has 0 amide bonds. The van der Waals surface area contributed by atoms with Crippen LogP contribution in [-0.2, 0) is 0 Å². The second kappa shape index (κ2) is 5.36. The number of aliphatic hydroxyl groups excluding tert-OH is 1. The van der Waals surface area contributed by atoms with Crippen LogP contribution in [0.25, 0.3) is 0 Å². The summed E-state index contributed by atoms with van der Waals surface area (Å²) in [5.74, 6) is 0.931. The Hall–Kier alpha value is -0.300. The van der Waals surface area contributed by atoms with Crippen molar-refractivity contribution in [2.75, 3.05) is 0 Å². The Morgan fingerprint density at radius 2 is 2.00 bits per heavy atom. The fraction of sp³-hybridized carbons (Fsp3) is 0.800. The molecule has 0 saturated heterocycles. The van der Waals surface area contributed by atoms with E-state index in [9.17, 15) is 5.11 Å². The molecule has 0 rings (SSSR count). The maximum atomic E-state index is 9.57. The van der Waals surface area contributed by atoms with Gasteiger partial charge in [-0.3, -0.25) is 0 Å². The van der Waals surface area contributed by atoms with Crippen molar-refractivity contribution in [2.24, 2.45) is 11.8 Å². The fourth-order valence-corrected chi connectivity index (χ4v) is 1.37. The highest BCUT2D eigenvalue weighted by molar-refractivity contribution is 4.79. The molecule has 1 unspecified atom stereocenters. The predicted molar refractivity (Wildman–Crippen MR) is 49.4 cm³/mol. The standard InChI is InChI=1S/C10H20O/c1-5-7-9(8(3)4)10(11)6-2/h5,8-11H,1,6-7H2,2-4H3/t9?,10-/m0/s1. The first kappa shape index (κ1) is 10.7. The van der Waals surface area contributed by atoms with Gasteiger partial charge in [0.25, 0.3) is 0 Å². The van der Waals surface area contributed by atoms with Gasteiger partial charge in [0.2, 0.25) is 0 Å². The van der Waals surface area contributed by atoms with Gasteiger partial charge in [-0.25, -0.2) is 0 Å². The SMILES string of the molecule is C=CCC(C(C)C)[C@@H](O)CC. The summed E-state index contributed by atoms with van der Waals surface area (Å²) in [5.41, 5.74) is 0. The van der Waals surface area contributed by atoms with E-state index in [1.165, 1.54) is 0 Å². The fourth-order valence-electron chi connectivity index (χ4n) is 1.37. The monoisotopic (exact) mass is 156 g/mol. The summed E-state index contributed by atoms with van der Waals surface area (Å²) >= 11 is 0. The van der Waals surface area contributed by atoms with Gasteiger partial charge in [-0.15, -0.1) is 6.58 Å². The van der Waals surface area contributed by atoms with Gasteiger partial charge in [-0.2, -0.15) is 0 Å². The molecule has 0 aliphatic heterocycles. The number of hydrogen-bond acceptors (Lipinski definition) is 1. The van der Waals surface area contributed by atoms with E-state index in [1.54, 1.807) is 0 Å². The smallest absolute Gasteiger partial charge is 0.0571 e. The molecule has 1 N–H and O–H groups in total. The van der Waals surface area contributed by atoms with Crippen molar-refractivity contribution in [3.8, 4) is 0 Å². The number of allylic oxidation sites excluding steroid dienone is 1. The zero-order valence-corrected chi connectivity index (χ0v) is 7.88. The van der Waals surface area contributed by atoms with Crippen molar-refractivity contribution in [3.63, 3.8) is 0 Å². The van der Waals surface area contributed by atoms with Crippen molar-refractivity contribution < 1.29 is 5.11 Å². The van der Waals surface area contributed by atoms with E-state index in [1.807, 2.05) is 13.0 Å². The largest absolute Gasteiger partial charge is 0.393 e. The minimum atomic E-state index is -0.159. The van der Waals surface area contributed by atoms with Crippen molar-refractivity contribution in [3.05, 3.63) is 12.7 Å². The van der Waals surface area contributed by atoms with E-state index in [0.29, 0.717) is 11.8 Å². The molecule has 0 radical (unpaired) electrons. The molecule has 0 fully saturated rings. The maximum Gasteiger partial charge on any atom is 0.0571 e. The van der Waals surface area contributed by atoms with Crippen molar-refractivity contribution in [2.45, 2.75) is 39.7 Å². The first-order valence-electron chi connectivity index (χ1n) is 4.42. The molecule has 1 heteroatoms. The predicted octanol–water partition coefficient (Wildman–Crippen LogP) is 2.61. The van der Waals surface area contributed by atoms with Crippen molar-refractivity contribution >= 4 is 0 Å². The van der Waals surface area contributed by atoms with E-state index in [2.05, 4.69) is 20.4 Å². The summed E-state index contributed by atoms with van der Waals surface area (Å²) in [6.45, 7) is 10.00. The Balaban J connectivity index is 3.96. The Morgan fingerprint density at radius 1 is 1.45 bits per heavy atom. The Labute approximate surface area is 70.1 Å². The first-order valence-corrected chi connectivity index (χ1v) is 4.42. The van der Waals surface area contributed by atoms with Gasteiger partial charge in [0.15, 0.2) is 0 Å². The highest BCUT2D eigenvalue weighted by Gasteiger charge is 2.19. The second-order valence-corrected chi connectivity index (χ2v) is 3.41. The molecule has 0 aliphatic rings. The highest BCUT2D eigenvalue weighted by Crippen LogP contribution is 2.21. The van der Waals surface area contributed by atoms with Crippen LogP contribution in [0.5, 0.6) is 0 Å². The van der Waals surface area contributed by atoms with Gasteiger partial charge < -0.3 is 5.11 Å². The van der Waals surface area contributed by atoms with Crippen LogP contribution in [0.4, 0.5) is 0 Å². The van der Waals surface area contributed by atoms with E-state index in [4.69, 9.17) is 0 Å². The number of rotatable bonds is 5. The zero-order chi connectivity index (χ0) is 8.85. The van der Waals surface area contributed by atoms with Gasteiger partial charge in [-0.05, 0) is 24.7 Å². The van der Waals surface area contributed by atoms with E-state index in [0.717, 1.165) is 12.8 Å². The molecule has 0 aromatic carbocycles. The average molecular weight is 156 g/mol. The third-order valence-electron chi connectivity index (χ3n) is 2.21. The molecular formula is C10H20O. The van der Waals surface area contributed by atoms with Crippen LogP contribution in [0.2, 0.25) is 0 Å². The van der Waals surface area contributed by atoms with E-state index < -0.39 is 0 Å². The molecule has 0 bridgehead atoms. The summed E-state index contributed by atoms with van der Waals surface area (Å²) in [4.78, 5) is 0. The Kier molecular flexibility index (Phi) is 5.22. The minimum absolute atomic E-state index is 0.159. The van der Waals surface area contributed by atoms with Gasteiger partial charge in [0, 0.05) is 0 Å². The van der Waals surface area contributed by atoms with Crippen LogP contribution in [-0.4, -0.2) is 11.2 Å². The van der Waals surface area contributed by atoms with Crippen molar-refractivity contribution in [1.82, 2.24) is 0 Å². The van der Waals surface area contributed by atoms with Crippen LogP contribution in [0.3, 0.4) is 0 Å². The van der Waals surface area contributed by atoms with E-state index in [-0.39, 0.29) is 6.10 Å². The van der Waals surface area contributed by atoms with Gasteiger partial charge >= 0.3 is 0 Å². The molecule has 0 aromatic heterocycles. The highest BCUT2D eigenvalue weighted by atomic mass is 16.3. The normalized spacial score (nSPS) is 16.5. The lowest BCUT2D eigenvalue weighted by molar-refractivity contribution is 0.0796. The first-order chi connectivity index (χ1) is 5.13. The maximum absolute atomic E-state index is 9.57. The molecule has 0 spiro atoms. The molecule has 1 nitrogen and oxygen atoms in total. The summed E-state index contributed by atoms with van der Waals surface area (Å²) in [5, 5.41) is 9.57. The molecule has 66 valence electrons. The number of aliphatic hydroxyl groups is 1. The molecule has 0 heterocycles. The summed E-state index contributed by atoms with van der Waals surface area (Å²) < 4.78 is 0. The van der Waals surface area contributed by atoms with Gasteiger partial charge in [-0.1, -0.05) is 26.8 Å². The third kappa shape index (κ3) is 3.57.